The SMILES string of the molecule is CCC(=O)NC1CCc2cc(OC)c([N+](=O)[O-])cc2C1. The molecule has 0 aliphatic heterocycles. The van der Waals surface area contributed by atoms with Crippen molar-refractivity contribution < 1.29 is 14.5 Å². The molecular formula is C14H18N2O4. The maximum absolute atomic E-state index is 11.4. The first-order valence-electron chi connectivity index (χ1n) is 6.68. The fourth-order valence-electron chi connectivity index (χ4n) is 2.53. The van der Waals surface area contributed by atoms with Crippen LogP contribution in [0.5, 0.6) is 5.75 Å². The molecule has 0 bridgehead atoms. The molecule has 1 atom stereocenters. The van der Waals surface area contributed by atoms with E-state index in [-0.39, 0.29) is 17.6 Å². The number of benzene rings is 1. The van der Waals surface area contributed by atoms with Gasteiger partial charge in [-0.15, -0.1) is 0 Å². The Hall–Kier alpha value is -2.11. The summed E-state index contributed by atoms with van der Waals surface area (Å²) < 4.78 is 5.07. The van der Waals surface area contributed by atoms with Gasteiger partial charge in [-0.05, 0) is 36.5 Å². The molecule has 2 rings (SSSR count). The molecule has 6 heteroatoms. The zero-order valence-corrected chi connectivity index (χ0v) is 11.6. The minimum Gasteiger partial charge on any atom is -0.490 e. The molecule has 1 aliphatic carbocycles. The summed E-state index contributed by atoms with van der Waals surface area (Å²) in [5, 5.41) is 14.0. The van der Waals surface area contributed by atoms with Crippen molar-refractivity contribution in [3.8, 4) is 5.75 Å². The maximum atomic E-state index is 11.4. The number of hydrogen-bond acceptors (Lipinski definition) is 4. The number of nitro groups is 1. The molecule has 1 N–H and O–H groups in total. The lowest BCUT2D eigenvalue weighted by Crippen LogP contribution is -2.38. The summed E-state index contributed by atoms with van der Waals surface area (Å²) in [6.45, 7) is 1.81. The molecule has 0 fully saturated rings. The third kappa shape index (κ3) is 2.89. The number of carbonyl (C=O) groups excluding carboxylic acids is 1. The topological polar surface area (TPSA) is 81.5 Å². The third-order valence-electron chi connectivity index (χ3n) is 3.61. The van der Waals surface area contributed by atoms with E-state index in [4.69, 9.17) is 4.74 Å². The van der Waals surface area contributed by atoms with E-state index in [1.165, 1.54) is 7.11 Å². The largest absolute Gasteiger partial charge is 0.490 e. The lowest BCUT2D eigenvalue weighted by molar-refractivity contribution is -0.385. The van der Waals surface area contributed by atoms with Gasteiger partial charge in [-0.1, -0.05) is 6.92 Å². The molecular weight excluding hydrogens is 260 g/mol. The molecule has 1 aromatic rings. The van der Waals surface area contributed by atoms with Crippen LogP contribution in [-0.2, 0) is 17.6 Å². The summed E-state index contributed by atoms with van der Waals surface area (Å²) in [4.78, 5) is 22.0. The Balaban J connectivity index is 2.25. The maximum Gasteiger partial charge on any atom is 0.311 e. The molecule has 0 saturated carbocycles. The first-order valence-corrected chi connectivity index (χ1v) is 6.68. The van der Waals surface area contributed by atoms with Crippen molar-refractivity contribution in [2.75, 3.05) is 7.11 Å². The average Bonchev–Trinajstić information content (AvgIpc) is 2.45. The predicted molar refractivity (Wildman–Crippen MR) is 73.9 cm³/mol. The summed E-state index contributed by atoms with van der Waals surface area (Å²) in [6, 6.07) is 3.37. The van der Waals surface area contributed by atoms with Crippen molar-refractivity contribution in [3.63, 3.8) is 0 Å². The number of fused-ring (bicyclic) bond motifs is 1. The van der Waals surface area contributed by atoms with E-state index in [2.05, 4.69) is 5.32 Å². The number of nitrogens with one attached hydrogen (secondary N) is 1. The van der Waals surface area contributed by atoms with Gasteiger partial charge in [0.1, 0.15) is 0 Å². The Morgan fingerprint density at radius 2 is 2.25 bits per heavy atom. The molecule has 0 spiro atoms. The van der Waals surface area contributed by atoms with Gasteiger partial charge in [0.25, 0.3) is 0 Å². The minimum atomic E-state index is -0.437. The number of hydrogen-bond donors (Lipinski definition) is 1. The summed E-state index contributed by atoms with van der Waals surface area (Å²) in [6.07, 6.45) is 2.72. The smallest absolute Gasteiger partial charge is 0.311 e. The van der Waals surface area contributed by atoms with Crippen LogP contribution in [0, 0.1) is 10.1 Å². The Morgan fingerprint density at radius 3 is 2.85 bits per heavy atom. The third-order valence-corrected chi connectivity index (χ3v) is 3.61. The number of amides is 1. The molecule has 6 nitrogen and oxygen atoms in total. The molecule has 0 saturated heterocycles. The fourth-order valence-corrected chi connectivity index (χ4v) is 2.53. The number of nitro benzene ring substituents is 1. The van der Waals surface area contributed by atoms with E-state index < -0.39 is 4.92 Å². The Kier molecular flexibility index (Phi) is 4.22. The van der Waals surface area contributed by atoms with Crippen molar-refractivity contribution in [2.45, 2.75) is 38.6 Å². The van der Waals surface area contributed by atoms with Crippen LogP contribution >= 0.6 is 0 Å². The summed E-state index contributed by atoms with van der Waals surface area (Å²) in [5.41, 5.74) is 1.97. The zero-order chi connectivity index (χ0) is 14.7. The Morgan fingerprint density at radius 1 is 1.50 bits per heavy atom. The van der Waals surface area contributed by atoms with Gasteiger partial charge in [-0.25, -0.2) is 0 Å². The van der Waals surface area contributed by atoms with Crippen LogP contribution in [0.3, 0.4) is 0 Å². The Bertz CT molecular complexity index is 542. The van der Waals surface area contributed by atoms with Gasteiger partial charge in [0.2, 0.25) is 5.91 Å². The van der Waals surface area contributed by atoms with E-state index >= 15 is 0 Å². The van der Waals surface area contributed by atoms with E-state index in [1.54, 1.807) is 12.1 Å². The van der Waals surface area contributed by atoms with Gasteiger partial charge in [0, 0.05) is 18.5 Å². The van der Waals surface area contributed by atoms with Crippen molar-refractivity contribution in [1.29, 1.82) is 0 Å². The van der Waals surface area contributed by atoms with Gasteiger partial charge in [-0.3, -0.25) is 14.9 Å². The number of nitrogens with zero attached hydrogens (tertiary/aromatic N) is 1. The first-order chi connectivity index (χ1) is 9.55. The van der Waals surface area contributed by atoms with Crippen molar-refractivity contribution >= 4 is 11.6 Å². The standard InChI is InChI=1S/C14H18N2O4/c1-3-14(17)15-11-5-4-9-8-13(20-2)12(16(18)19)7-10(9)6-11/h7-8,11H,3-6H2,1-2H3,(H,15,17). The number of rotatable bonds is 4. The van der Waals surface area contributed by atoms with Crippen LogP contribution in [0.2, 0.25) is 0 Å². The van der Waals surface area contributed by atoms with Crippen molar-refractivity contribution in [3.05, 3.63) is 33.4 Å². The van der Waals surface area contributed by atoms with Crippen LogP contribution in [0.25, 0.3) is 0 Å². The van der Waals surface area contributed by atoms with Crippen LogP contribution in [0.4, 0.5) is 5.69 Å². The number of aryl methyl sites for hydroxylation is 1. The minimum absolute atomic E-state index is 0.0152. The van der Waals surface area contributed by atoms with E-state index in [0.29, 0.717) is 18.6 Å². The highest BCUT2D eigenvalue weighted by Gasteiger charge is 2.25. The van der Waals surface area contributed by atoms with Crippen molar-refractivity contribution in [1.82, 2.24) is 5.32 Å². The number of methoxy groups -OCH3 is 1. The van der Waals surface area contributed by atoms with E-state index in [1.807, 2.05) is 6.92 Å². The quantitative estimate of drug-likeness (QED) is 0.674. The lowest BCUT2D eigenvalue weighted by atomic mass is 9.87. The van der Waals surface area contributed by atoms with Crippen LogP contribution in [-0.4, -0.2) is 24.0 Å². The summed E-state index contributed by atoms with van der Waals surface area (Å²) in [5.74, 6) is 0.311. The highest BCUT2D eigenvalue weighted by Crippen LogP contribution is 2.33. The molecule has 0 radical (unpaired) electrons. The predicted octanol–water partition coefficient (Wildman–Crippen LogP) is 1.99. The van der Waals surface area contributed by atoms with Crippen LogP contribution < -0.4 is 10.1 Å². The second kappa shape index (κ2) is 5.90. The molecule has 108 valence electrons. The zero-order valence-electron chi connectivity index (χ0n) is 11.6. The summed E-state index contributed by atoms with van der Waals surface area (Å²) in [7, 11) is 1.43. The van der Waals surface area contributed by atoms with Crippen LogP contribution in [0.1, 0.15) is 30.9 Å². The van der Waals surface area contributed by atoms with Gasteiger partial charge < -0.3 is 10.1 Å². The van der Waals surface area contributed by atoms with E-state index in [9.17, 15) is 14.9 Å². The fraction of sp³-hybridized carbons (Fsp3) is 0.500. The first kappa shape index (κ1) is 14.3. The normalized spacial score (nSPS) is 17.2. The number of ether oxygens (including phenoxy) is 1. The second-order valence-corrected chi connectivity index (χ2v) is 4.91. The average molecular weight is 278 g/mol. The lowest BCUT2D eigenvalue weighted by Gasteiger charge is -2.25. The molecule has 0 heterocycles. The number of carbonyl (C=O) groups is 1. The molecule has 1 unspecified atom stereocenters. The molecule has 0 aromatic heterocycles. The monoisotopic (exact) mass is 278 g/mol. The summed E-state index contributed by atoms with van der Waals surface area (Å²) >= 11 is 0. The molecule has 20 heavy (non-hydrogen) atoms. The molecule has 1 aromatic carbocycles. The second-order valence-electron chi connectivity index (χ2n) is 4.91. The highest BCUT2D eigenvalue weighted by molar-refractivity contribution is 5.76. The van der Waals surface area contributed by atoms with E-state index in [0.717, 1.165) is 24.0 Å². The van der Waals surface area contributed by atoms with Crippen molar-refractivity contribution in [2.24, 2.45) is 0 Å². The molecule has 1 amide bonds. The van der Waals surface area contributed by atoms with Gasteiger partial charge in [0.15, 0.2) is 5.75 Å². The highest BCUT2D eigenvalue weighted by atomic mass is 16.6. The molecule has 1 aliphatic rings. The van der Waals surface area contributed by atoms with Gasteiger partial charge in [0.05, 0.1) is 12.0 Å². The Labute approximate surface area is 117 Å². The van der Waals surface area contributed by atoms with Gasteiger partial charge in [-0.2, -0.15) is 0 Å². The van der Waals surface area contributed by atoms with Crippen LogP contribution in [0.15, 0.2) is 12.1 Å². The van der Waals surface area contributed by atoms with Gasteiger partial charge >= 0.3 is 5.69 Å².